The molecule has 1 aromatic heterocycles. The Morgan fingerprint density at radius 3 is 0.781 bits per heavy atom. The molecular weight excluding hydrogens is 1560 g/mol. The van der Waals surface area contributed by atoms with E-state index in [0.717, 1.165) is 39.9 Å². The van der Waals surface area contributed by atoms with E-state index in [1.165, 1.54) is 64.5 Å². The molecule has 1 aliphatic heterocycles. The molecular formula is C124H41N3S. The van der Waals surface area contributed by atoms with E-state index >= 15 is 0 Å². The molecule has 0 saturated heterocycles. The minimum absolute atomic E-state index is 1.09. The second-order valence-electron chi connectivity index (χ2n) is 23.8. The largest absolute Gasteiger partial charge is 0.309 e. The van der Waals surface area contributed by atoms with Gasteiger partial charge in [-0.25, -0.2) is 0 Å². The monoisotopic (exact) mass is 1600 g/mol. The average molecular weight is 1600 g/mol. The molecule has 0 bridgehead atoms. The van der Waals surface area contributed by atoms with Gasteiger partial charge in [0, 0.05) is 312 Å². The number of benzene rings is 10. The Bertz CT molecular complexity index is 8350. The van der Waals surface area contributed by atoms with Crippen LogP contribution in [0.3, 0.4) is 0 Å². The second kappa shape index (κ2) is 51.6. The molecule has 0 atom stereocenters. The summed E-state index contributed by atoms with van der Waals surface area (Å²) < 4.78 is 2.43. The molecule has 12 rings (SSSR count). The maximum atomic E-state index is 4.94. The van der Waals surface area contributed by atoms with E-state index in [0.29, 0.717) is 0 Å². The van der Waals surface area contributed by atoms with E-state index in [-0.39, 0.29) is 0 Å². The van der Waals surface area contributed by atoms with E-state index in [1.807, 2.05) is 11.8 Å². The minimum atomic E-state index is 1.09. The van der Waals surface area contributed by atoms with E-state index in [9.17, 15) is 0 Å². The average Bonchev–Trinajstić information content (AvgIpc) is 1.48. The Morgan fingerprint density at radius 1 is 0.211 bits per heavy atom. The van der Waals surface area contributed by atoms with E-state index in [2.05, 4.69) is 630 Å². The van der Waals surface area contributed by atoms with Crippen LogP contribution in [0, 0.1) is 392 Å². The van der Waals surface area contributed by atoms with Crippen molar-refractivity contribution >= 4 is 78.5 Å². The predicted molar refractivity (Wildman–Crippen MR) is 521 cm³/mol. The number of hydrogen-bond donors (Lipinski definition) is 0. The SMILES string of the molecule is C#CC#CC#CC#CC#CC#CC#CC#CC#CC#CC#CC#CC#CC#CC#CC#CC#CC#CC#CC#CC#CC#CC#CC#CC#CC#CC#CC#CC#CC#CC#CC#CC#C.c1ccc(N2c3cccc(N(c4ccc(-c5cccc6ccccc56)cc4)c4ccc(-c5cccc6ccccc56)cc4)c3Sc3c2n(-c2ccccc2)c2ccccc32)cc1. The summed E-state index contributed by atoms with van der Waals surface area (Å²) in [5, 5.41) is 6.22. The number of rotatable bonds is 7. The van der Waals surface area contributed by atoms with Crippen LogP contribution in [0.15, 0.2) is 246 Å². The van der Waals surface area contributed by atoms with Crippen molar-refractivity contribution in [3.05, 3.63) is 237 Å². The van der Waals surface area contributed by atoms with Gasteiger partial charge in [0.15, 0.2) is 0 Å². The summed E-state index contributed by atoms with van der Waals surface area (Å²) in [5.74, 6) is 159. The number of aromatic nitrogens is 1. The molecule has 0 amide bonds. The van der Waals surface area contributed by atoms with Gasteiger partial charge in [0.05, 0.1) is 26.7 Å². The lowest BCUT2D eigenvalue weighted by Crippen LogP contribution is -2.20. The molecule has 4 heteroatoms. The molecule has 2 heterocycles. The normalized spacial score (nSPS) is 7.88. The van der Waals surface area contributed by atoms with Gasteiger partial charge >= 0.3 is 0 Å². The fraction of sp³-hybridized carbons (Fsp3) is 0. The van der Waals surface area contributed by atoms with E-state index < -0.39 is 0 Å². The number of fused-ring (bicyclic) bond motifs is 6. The van der Waals surface area contributed by atoms with Gasteiger partial charge in [0.25, 0.3) is 0 Å². The molecule has 1 aliphatic rings. The maximum Gasteiger partial charge on any atom is 0.137 e. The van der Waals surface area contributed by atoms with Crippen LogP contribution in [-0.2, 0) is 0 Å². The molecule has 558 valence electrons. The molecule has 0 spiro atoms. The molecule has 128 heavy (non-hydrogen) atoms. The number of para-hydroxylation sites is 3. The zero-order chi connectivity index (χ0) is 88.2. The maximum absolute atomic E-state index is 4.94. The molecule has 0 saturated carbocycles. The van der Waals surface area contributed by atoms with Gasteiger partial charge in [-0.2, -0.15) is 0 Å². The quantitative estimate of drug-likeness (QED) is 0.147. The summed E-state index contributed by atoms with van der Waals surface area (Å²) >= 11 is 1.87. The first kappa shape index (κ1) is 86.5. The van der Waals surface area contributed by atoms with Gasteiger partial charge in [-0.05, 0) is 205 Å². The summed E-state index contributed by atoms with van der Waals surface area (Å²) in [5.41, 5.74) is 12.7. The first-order valence-corrected chi connectivity index (χ1v) is 38.2. The van der Waals surface area contributed by atoms with Crippen molar-refractivity contribution in [2.24, 2.45) is 0 Å². The lowest BCUT2D eigenvalue weighted by molar-refractivity contribution is 1.03. The van der Waals surface area contributed by atoms with Gasteiger partial charge in [0.2, 0.25) is 0 Å². The summed E-state index contributed by atoms with van der Waals surface area (Å²) in [6.45, 7) is 0. The first-order valence-electron chi connectivity index (χ1n) is 37.4. The Labute approximate surface area is 753 Å². The van der Waals surface area contributed by atoms with Crippen molar-refractivity contribution < 1.29 is 0 Å². The van der Waals surface area contributed by atoms with Crippen LogP contribution in [0.1, 0.15) is 0 Å². The highest BCUT2D eigenvalue weighted by molar-refractivity contribution is 8.00. The summed E-state index contributed by atoms with van der Waals surface area (Å²) in [7, 11) is 0. The third kappa shape index (κ3) is 27.4. The Hall–Kier alpha value is -22.3. The van der Waals surface area contributed by atoms with Crippen LogP contribution in [0.25, 0.3) is 60.4 Å². The highest BCUT2D eigenvalue weighted by Crippen LogP contribution is 2.59. The Balaban J connectivity index is 0.000000248. The van der Waals surface area contributed by atoms with Gasteiger partial charge in [-0.15, -0.1) is 12.8 Å². The highest BCUT2D eigenvalue weighted by Gasteiger charge is 2.34. The van der Waals surface area contributed by atoms with Gasteiger partial charge in [0.1, 0.15) is 5.82 Å². The third-order valence-electron chi connectivity index (χ3n) is 16.1. The molecule has 0 N–H and O–H groups in total. The molecule has 10 aromatic carbocycles. The number of hydrogen-bond acceptors (Lipinski definition) is 3. The fourth-order valence-electron chi connectivity index (χ4n) is 11.3. The van der Waals surface area contributed by atoms with Crippen molar-refractivity contribution in [2.75, 3.05) is 9.80 Å². The second-order valence-corrected chi connectivity index (χ2v) is 24.8. The van der Waals surface area contributed by atoms with Crippen molar-refractivity contribution in [1.29, 1.82) is 0 Å². The van der Waals surface area contributed by atoms with Crippen molar-refractivity contribution in [3.8, 4) is 420 Å². The van der Waals surface area contributed by atoms with Crippen molar-refractivity contribution in [3.63, 3.8) is 0 Å². The van der Waals surface area contributed by atoms with Crippen LogP contribution in [0.5, 0.6) is 0 Å². The summed E-state index contributed by atoms with van der Waals surface area (Å²) in [6, 6.07) is 85.8. The number of terminal acetylenes is 2. The van der Waals surface area contributed by atoms with Crippen LogP contribution >= 0.6 is 11.8 Å². The summed E-state index contributed by atoms with van der Waals surface area (Å²) in [6.07, 6.45) is 9.89. The molecule has 11 aromatic rings. The molecule has 0 fully saturated rings. The third-order valence-corrected chi connectivity index (χ3v) is 17.3. The predicted octanol–water partition coefficient (Wildman–Crippen LogP) is 17.0. The standard InChI is InChI=1S/C66H2.C58H39N3S/c1-3-5-7-9-11-13-15-17-19-21-23-25-27-29-31-33-35-37-39-41-43-45-47-49-51-53-55-57-59-61-63-65-66-64-62-60-58-56-54-52-50-48-46-44-42-40-38-36-34-32-30-28-26-24-22-20-18-16-14-12-10-8-6-4-2;1-3-20-44(21-4-1)60-53-29-12-11-26-52(53)56-58(60)61(45-22-5-2-6-23-45)55-31-15-30-54(57(55)62-56)59(46-36-32-42(33-37-46)50-27-13-18-40-16-7-9-24-48(40)50)47-38-34-43(35-39-47)51-28-14-19-41-17-8-10-25-49(41)51/h1-2H;1-39H. The van der Waals surface area contributed by atoms with Gasteiger partial charge < -0.3 is 4.90 Å². The number of anilines is 6. The molecule has 0 aliphatic carbocycles. The van der Waals surface area contributed by atoms with Crippen LogP contribution in [-0.4, -0.2) is 4.57 Å². The number of nitrogens with zero attached hydrogens (tertiary/aromatic N) is 3. The lowest BCUT2D eigenvalue weighted by Gasteiger charge is -2.36. The topological polar surface area (TPSA) is 11.4 Å². The zero-order valence-corrected chi connectivity index (χ0v) is 67.7. The lowest BCUT2D eigenvalue weighted by atomic mass is 9.97. The Kier molecular flexibility index (Phi) is 34.9. The highest BCUT2D eigenvalue weighted by atomic mass is 32.2. The molecule has 0 radical (unpaired) electrons. The fourth-order valence-corrected chi connectivity index (χ4v) is 12.6. The van der Waals surface area contributed by atoms with E-state index in [4.69, 9.17) is 12.8 Å². The van der Waals surface area contributed by atoms with Crippen LogP contribution < -0.4 is 9.80 Å². The summed E-state index contributed by atoms with van der Waals surface area (Å²) in [4.78, 5) is 7.32. The minimum Gasteiger partial charge on any atom is -0.309 e. The molecule has 0 unspecified atom stereocenters. The van der Waals surface area contributed by atoms with Crippen molar-refractivity contribution in [2.45, 2.75) is 9.79 Å². The Morgan fingerprint density at radius 2 is 0.469 bits per heavy atom. The molecule has 3 nitrogen and oxygen atoms in total. The van der Waals surface area contributed by atoms with Gasteiger partial charge in [-0.1, -0.05) is 182 Å². The van der Waals surface area contributed by atoms with Crippen molar-refractivity contribution in [1.82, 2.24) is 4.57 Å². The first-order chi connectivity index (χ1) is 63.7. The van der Waals surface area contributed by atoms with Gasteiger partial charge in [-0.3, -0.25) is 9.47 Å². The zero-order valence-electron chi connectivity index (χ0n) is 66.9. The van der Waals surface area contributed by atoms with Crippen LogP contribution in [0.2, 0.25) is 0 Å². The van der Waals surface area contributed by atoms with E-state index in [1.54, 1.807) is 0 Å². The van der Waals surface area contributed by atoms with Crippen LogP contribution in [0.4, 0.5) is 34.3 Å². The smallest absolute Gasteiger partial charge is 0.137 e.